The zero-order valence-corrected chi connectivity index (χ0v) is 39.5. The molecule has 0 aliphatic heterocycles. The van der Waals surface area contributed by atoms with Crippen LogP contribution in [0.3, 0.4) is 0 Å². The number of rotatable bonds is 48. The highest BCUT2D eigenvalue weighted by molar-refractivity contribution is 5.76. The second kappa shape index (κ2) is 49.0. The summed E-state index contributed by atoms with van der Waals surface area (Å²) in [5.74, 6) is -0.0828. The number of carbonyl (C=O) groups excluding carboxylic acids is 2. The van der Waals surface area contributed by atoms with Gasteiger partial charge >= 0.3 is 5.97 Å². The minimum atomic E-state index is -0.847. The average molecular weight is 832 g/mol. The molecule has 0 saturated heterocycles. The lowest BCUT2D eigenvalue weighted by Crippen LogP contribution is -2.45. The van der Waals surface area contributed by atoms with Gasteiger partial charge in [0.1, 0.15) is 0 Å². The Balaban J connectivity index is 3.42. The van der Waals surface area contributed by atoms with Crippen LogP contribution in [0.5, 0.6) is 0 Å². The van der Waals surface area contributed by atoms with E-state index in [2.05, 4.69) is 31.3 Å². The van der Waals surface area contributed by atoms with Gasteiger partial charge in [0.05, 0.1) is 25.4 Å². The van der Waals surface area contributed by atoms with Crippen LogP contribution >= 0.6 is 0 Å². The Morgan fingerprint density at radius 3 is 1.20 bits per heavy atom. The first-order chi connectivity index (χ1) is 29.0. The highest BCUT2D eigenvalue weighted by Crippen LogP contribution is 2.16. The molecule has 348 valence electrons. The van der Waals surface area contributed by atoms with E-state index in [1.165, 1.54) is 205 Å². The van der Waals surface area contributed by atoms with Gasteiger partial charge in [-0.1, -0.05) is 231 Å². The van der Waals surface area contributed by atoms with Crippen LogP contribution in [0.4, 0.5) is 0 Å². The van der Waals surface area contributed by atoms with E-state index >= 15 is 0 Å². The number of aliphatic hydroxyl groups excluding tert-OH is 2. The highest BCUT2D eigenvalue weighted by Gasteiger charge is 2.18. The van der Waals surface area contributed by atoms with E-state index in [-0.39, 0.29) is 18.5 Å². The highest BCUT2D eigenvalue weighted by atomic mass is 16.5. The third-order valence-electron chi connectivity index (χ3n) is 12.0. The van der Waals surface area contributed by atoms with E-state index in [0.29, 0.717) is 19.4 Å². The number of esters is 1. The van der Waals surface area contributed by atoms with E-state index in [1.54, 1.807) is 6.08 Å². The van der Waals surface area contributed by atoms with E-state index in [4.69, 9.17) is 4.74 Å². The Morgan fingerprint density at radius 1 is 0.458 bits per heavy atom. The molecule has 0 aliphatic rings. The molecule has 3 N–H and O–H groups in total. The molecular formula is C53H101NO5. The standard InChI is InChI=1S/C53H101NO5/c1-3-5-7-9-11-13-15-16-17-21-24-27-31-35-39-43-47-53(58)59-48-44-40-36-32-28-25-22-19-18-20-23-26-30-34-38-42-46-52(57)54-50(49-55)51(56)45-41-37-33-29-14-12-10-8-6-4-2/h17,21,41,45,50-51,55-56H,3-16,18-20,22-40,42-44,46-49H2,1-2H3,(H,54,57)/b21-17-,45-41+. The molecule has 0 spiro atoms. The molecule has 6 nitrogen and oxygen atoms in total. The zero-order valence-electron chi connectivity index (χ0n) is 39.5. The number of allylic oxidation sites excluding steroid dienone is 3. The molecular weight excluding hydrogens is 731 g/mol. The molecule has 0 aromatic carbocycles. The molecule has 0 heterocycles. The van der Waals surface area contributed by atoms with Crippen LogP contribution in [-0.4, -0.2) is 47.4 Å². The third kappa shape index (κ3) is 45.7. The number of carbonyl (C=O) groups is 2. The fourth-order valence-corrected chi connectivity index (χ4v) is 7.92. The monoisotopic (exact) mass is 832 g/mol. The number of hydrogen-bond donors (Lipinski definition) is 3. The lowest BCUT2D eigenvalue weighted by molar-refractivity contribution is -0.143. The molecule has 2 unspecified atom stereocenters. The Hall–Kier alpha value is -1.66. The van der Waals surface area contributed by atoms with Gasteiger partial charge in [-0.25, -0.2) is 0 Å². The van der Waals surface area contributed by atoms with Crippen LogP contribution in [0.2, 0.25) is 0 Å². The topological polar surface area (TPSA) is 95.9 Å². The van der Waals surface area contributed by atoms with Crippen LogP contribution in [0, 0.1) is 0 Å². The summed E-state index contributed by atoms with van der Waals surface area (Å²) in [6, 6.07) is -0.631. The fourth-order valence-electron chi connectivity index (χ4n) is 7.92. The van der Waals surface area contributed by atoms with Gasteiger partial charge in [0, 0.05) is 12.8 Å². The van der Waals surface area contributed by atoms with Crippen molar-refractivity contribution in [1.29, 1.82) is 0 Å². The first-order valence-corrected chi connectivity index (χ1v) is 26.1. The molecule has 6 heteroatoms. The zero-order chi connectivity index (χ0) is 43.0. The molecule has 0 bridgehead atoms. The van der Waals surface area contributed by atoms with Crippen LogP contribution in [0.25, 0.3) is 0 Å². The molecule has 0 saturated carbocycles. The Morgan fingerprint density at radius 2 is 0.797 bits per heavy atom. The first-order valence-electron chi connectivity index (χ1n) is 26.1. The van der Waals surface area contributed by atoms with Gasteiger partial charge < -0.3 is 20.3 Å². The maximum Gasteiger partial charge on any atom is 0.305 e. The molecule has 59 heavy (non-hydrogen) atoms. The van der Waals surface area contributed by atoms with Gasteiger partial charge in [-0.05, 0) is 57.8 Å². The fraction of sp³-hybridized carbons (Fsp3) is 0.887. The van der Waals surface area contributed by atoms with Crippen molar-refractivity contribution in [3.63, 3.8) is 0 Å². The quantitative estimate of drug-likeness (QED) is 0.0322. The lowest BCUT2D eigenvalue weighted by Gasteiger charge is -2.20. The number of nitrogens with one attached hydrogen (secondary N) is 1. The molecule has 0 aliphatic carbocycles. The minimum absolute atomic E-state index is 0.00572. The van der Waals surface area contributed by atoms with Gasteiger partial charge in [-0.2, -0.15) is 0 Å². The average Bonchev–Trinajstić information content (AvgIpc) is 3.24. The summed E-state index contributed by atoms with van der Waals surface area (Å²) < 4.78 is 5.47. The summed E-state index contributed by atoms with van der Waals surface area (Å²) in [6.45, 7) is 4.86. The van der Waals surface area contributed by atoms with Crippen LogP contribution in [-0.2, 0) is 14.3 Å². The van der Waals surface area contributed by atoms with Crippen molar-refractivity contribution in [1.82, 2.24) is 5.32 Å². The van der Waals surface area contributed by atoms with E-state index in [1.807, 2.05) is 6.08 Å². The van der Waals surface area contributed by atoms with E-state index in [9.17, 15) is 19.8 Å². The van der Waals surface area contributed by atoms with Gasteiger partial charge in [-0.15, -0.1) is 0 Å². The number of amides is 1. The minimum Gasteiger partial charge on any atom is -0.466 e. The molecule has 0 radical (unpaired) electrons. The summed E-state index contributed by atoms with van der Waals surface area (Å²) in [4.78, 5) is 24.4. The first kappa shape index (κ1) is 57.3. The summed E-state index contributed by atoms with van der Waals surface area (Å²) in [7, 11) is 0. The molecule has 0 aromatic heterocycles. The third-order valence-corrected chi connectivity index (χ3v) is 12.0. The smallest absolute Gasteiger partial charge is 0.305 e. The molecule has 2 atom stereocenters. The van der Waals surface area contributed by atoms with Crippen LogP contribution < -0.4 is 5.32 Å². The Bertz CT molecular complexity index is 920. The van der Waals surface area contributed by atoms with Gasteiger partial charge in [0.15, 0.2) is 0 Å². The van der Waals surface area contributed by atoms with Crippen molar-refractivity contribution in [2.24, 2.45) is 0 Å². The van der Waals surface area contributed by atoms with Crippen molar-refractivity contribution in [3.05, 3.63) is 24.3 Å². The summed E-state index contributed by atoms with van der Waals surface area (Å²) in [6.07, 6.45) is 57.5. The van der Waals surface area contributed by atoms with Crippen LogP contribution in [0.1, 0.15) is 277 Å². The van der Waals surface area contributed by atoms with Crippen molar-refractivity contribution in [3.8, 4) is 0 Å². The van der Waals surface area contributed by atoms with E-state index < -0.39 is 12.1 Å². The second-order valence-electron chi connectivity index (χ2n) is 17.9. The largest absolute Gasteiger partial charge is 0.466 e. The number of aliphatic hydroxyl groups is 2. The molecule has 1 amide bonds. The lowest BCUT2D eigenvalue weighted by atomic mass is 10.0. The molecule has 0 rings (SSSR count). The summed E-state index contributed by atoms with van der Waals surface area (Å²) in [5.41, 5.74) is 0. The molecule has 0 aromatic rings. The predicted molar refractivity (Wildman–Crippen MR) is 255 cm³/mol. The predicted octanol–water partition coefficient (Wildman–Crippen LogP) is 15.5. The van der Waals surface area contributed by atoms with Crippen molar-refractivity contribution in [2.45, 2.75) is 289 Å². The number of unbranched alkanes of at least 4 members (excludes halogenated alkanes) is 35. The van der Waals surface area contributed by atoms with Crippen molar-refractivity contribution < 1.29 is 24.5 Å². The maximum absolute atomic E-state index is 12.4. The van der Waals surface area contributed by atoms with Gasteiger partial charge in [0.25, 0.3) is 0 Å². The van der Waals surface area contributed by atoms with Crippen LogP contribution in [0.15, 0.2) is 24.3 Å². The Labute approximate surface area is 367 Å². The SMILES string of the molecule is CCCCCCCCC/C=C\CCCCCCCC(=O)OCCCCCCCCCCCCCCCCCCC(=O)NC(CO)C(O)/C=C/CCCCCCCCCC. The van der Waals surface area contributed by atoms with E-state index in [0.717, 1.165) is 44.9 Å². The maximum atomic E-state index is 12.4. The van der Waals surface area contributed by atoms with Gasteiger partial charge in [-0.3, -0.25) is 9.59 Å². The summed E-state index contributed by atoms with van der Waals surface area (Å²) in [5, 5.41) is 22.9. The normalized spacial score (nSPS) is 12.8. The Kier molecular flexibility index (Phi) is 47.6. The van der Waals surface area contributed by atoms with Crippen molar-refractivity contribution >= 4 is 11.9 Å². The number of hydrogen-bond acceptors (Lipinski definition) is 5. The van der Waals surface area contributed by atoms with Crippen molar-refractivity contribution in [2.75, 3.05) is 13.2 Å². The number of ether oxygens (including phenoxy) is 1. The van der Waals surface area contributed by atoms with Gasteiger partial charge in [0.2, 0.25) is 5.91 Å². The molecule has 0 fully saturated rings. The summed E-state index contributed by atoms with van der Waals surface area (Å²) >= 11 is 0. The second-order valence-corrected chi connectivity index (χ2v) is 17.9.